The first-order valence-corrected chi connectivity index (χ1v) is 10.9. The number of nitro benzene ring substituents is 1. The summed E-state index contributed by atoms with van der Waals surface area (Å²) >= 11 is 5.31. The van der Waals surface area contributed by atoms with Gasteiger partial charge in [0.05, 0.1) is 4.92 Å². The van der Waals surface area contributed by atoms with Crippen LogP contribution >= 0.6 is 12.2 Å². The molecule has 1 aliphatic rings. The maximum Gasteiger partial charge on any atom is 0.305 e. The Labute approximate surface area is 210 Å². The van der Waals surface area contributed by atoms with Gasteiger partial charge in [0.25, 0.3) is 5.69 Å². The van der Waals surface area contributed by atoms with Crippen molar-refractivity contribution in [3.05, 3.63) is 34.4 Å². The lowest BCUT2D eigenvalue weighted by molar-refractivity contribution is -0.384. The fraction of sp³-hybridized carbons (Fsp3) is 0.476. The molecule has 1 aromatic rings. The summed E-state index contributed by atoms with van der Waals surface area (Å²) in [6, 6.07) is 4.15. The summed E-state index contributed by atoms with van der Waals surface area (Å²) < 4.78 is 26.7. The molecule has 0 radical (unpaired) electrons. The van der Waals surface area contributed by atoms with Crippen molar-refractivity contribution >= 4 is 52.6 Å². The number of rotatable bonds is 8. The van der Waals surface area contributed by atoms with Crippen molar-refractivity contribution < 1.29 is 47.8 Å². The van der Waals surface area contributed by atoms with Crippen LogP contribution in [0, 0.1) is 10.1 Å². The topological polar surface area (TPSA) is 182 Å². The molecule has 1 aliphatic heterocycles. The number of nitro groups is 1. The van der Waals surface area contributed by atoms with E-state index in [4.69, 9.17) is 35.9 Å². The van der Waals surface area contributed by atoms with Gasteiger partial charge < -0.3 is 34.3 Å². The van der Waals surface area contributed by atoms with E-state index in [2.05, 4.69) is 10.6 Å². The molecule has 0 unspecified atom stereocenters. The van der Waals surface area contributed by atoms with Gasteiger partial charge in [-0.3, -0.25) is 29.3 Å². The molecule has 5 atom stereocenters. The Kier molecular flexibility index (Phi) is 10.0. The molecule has 0 aliphatic carbocycles. The summed E-state index contributed by atoms with van der Waals surface area (Å²) in [7, 11) is 0. The molecule has 0 saturated carbocycles. The maximum atomic E-state index is 11.9. The Morgan fingerprint density at radius 2 is 1.50 bits per heavy atom. The molecular weight excluding hydrogens is 502 g/mol. The molecule has 0 bridgehead atoms. The van der Waals surface area contributed by atoms with E-state index < -0.39 is 66.1 Å². The second-order valence-electron chi connectivity index (χ2n) is 7.53. The number of carbonyl (C=O) groups excluding carboxylic acids is 4. The van der Waals surface area contributed by atoms with Gasteiger partial charge in [-0.15, -0.1) is 0 Å². The third-order valence-corrected chi connectivity index (χ3v) is 4.84. The van der Waals surface area contributed by atoms with Crippen molar-refractivity contribution in [2.75, 3.05) is 11.9 Å². The number of nitrogens with one attached hydrogen (secondary N) is 2. The van der Waals surface area contributed by atoms with E-state index >= 15 is 0 Å². The number of hydrogen-bond donors (Lipinski definition) is 2. The monoisotopic (exact) mass is 527 g/mol. The highest BCUT2D eigenvalue weighted by atomic mass is 32.1. The fourth-order valence-electron chi connectivity index (χ4n) is 3.31. The molecule has 1 fully saturated rings. The lowest BCUT2D eigenvalue weighted by Gasteiger charge is -2.44. The molecule has 196 valence electrons. The van der Waals surface area contributed by atoms with Crippen molar-refractivity contribution in [1.82, 2.24) is 5.32 Å². The summed E-state index contributed by atoms with van der Waals surface area (Å²) in [5.74, 6) is -2.90. The Hall–Kier alpha value is -3.85. The van der Waals surface area contributed by atoms with Crippen LogP contribution in [0.3, 0.4) is 0 Å². The van der Waals surface area contributed by atoms with Crippen LogP contribution in [0.15, 0.2) is 24.3 Å². The number of carbonyl (C=O) groups is 4. The highest BCUT2D eigenvalue weighted by Crippen LogP contribution is 2.28. The van der Waals surface area contributed by atoms with Gasteiger partial charge in [0.1, 0.15) is 18.8 Å². The Morgan fingerprint density at radius 3 is 2.00 bits per heavy atom. The first-order chi connectivity index (χ1) is 16.9. The number of esters is 4. The molecule has 2 rings (SSSR count). The molecule has 0 amide bonds. The first-order valence-electron chi connectivity index (χ1n) is 10.5. The quantitative estimate of drug-likeness (QED) is 0.160. The Bertz CT molecular complexity index is 1020. The molecule has 1 heterocycles. The third-order valence-electron chi connectivity index (χ3n) is 4.62. The van der Waals surface area contributed by atoms with Crippen molar-refractivity contribution in [3.8, 4) is 0 Å². The minimum Gasteiger partial charge on any atom is -0.463 e. The van der Waals surface area contributed by atoms with Gasteiger partial charge in [-0.2, -0.15) is 0 Å². The number of benzene rings is 1. The van der Waals surface area contributed by atoms with Crippen LogP contribution in [0.25, 0.3) is 0 Å². The molecule has 14 nitrogen and oxygen atoms in total. The summed E-state index contributed by atoms with van der Waals surface area (Å²) in [4.78, 5) is 57.1. The van der Waals surface area contributed by atoms with Gasteiger partial charge in [-0.05, 0) is 24.4 Å². The molecular formula is C21H25N3O11S. The van der Waals surface area contributed by atoms with Crippen molar-refractivity contribution in [2.45, 2.75) is 58.3 Å². The lowest BCUT2D eigenvalue weighted by Crippen LogP contribution is -2.67. The SMILES string of the molecule is CC(=O)OC[C@H]1O[C@@H](OC(C)=O)[C@H](NC(=S)Nc2ccc([N+](=O)[O-])cc2)[C@@H](OC(C)=O)[C@@H]1OC(C)=O. The fourth-order valence-corrected chi connectivity index (χ4v) is 3.56. The summed E-state index contributed by atoms with van der Waals surface area (Å²) in [5.41, 5.74) is 0.250. The number of nitrogens with zero attached hydrogens (tertiary/aromatic N) is 1. The van der Waals surface area contributed by atoms with Gasteiger partial charge in [-0.1, -0.05) is 0 Å². The van der Waals surface area contributed by atoms with E-state index in [1.165, 1.54) is 24.3 Å². The van der Waals surface area contributed by atoms with Crippen molar-refractivity contribution in [1.29, 1.82) is 0 Å². The van der Waals surface area contributed by atoms with Gasteiger partial charge in [0.2, 0.25) is 6.29 Å². The number of hydrogen-bond acceptors (Lipinski definition) is 12. The average molecular weight is 528 g/mol. The van der Waals surface area contributed by atoms with Gasteiger partial charge in [0.15, 0.2) is 17.3 Å². The number of anilines is 1. The first kappa shape index (κ1) is 28.4. The minimum absolute atomic E-state index is 0.0632. The lowest BCUT2D eigenvalue weighted by atomic mass is 9.96. The average Bonchev–Trinajstić information content (AvgIpc) is 2.75. The molecule has 0 aromatic heterocycles. The van der Waals surface area contributed by atoms with Crippen LogP contribution in [-0.2, 0) is 42.9 Å². The van der Waals surface area contributed by atoms with E-state index in [9.17, 15) is 29.3 Å². The molecule has 1 aromatic carbocycles. The van der Waals surface area contributed by atoms with Crippen LogP contribution in [0.2, 0.25) is 0 Å². The van der Waals surface area contributed by atoms with E-state index in [1.54, 1.807) is 0 Å². The summed E-state index contributed by atoms with van der Waals surface area (Å²) in [5, 5.41) is 16.4. The molecule has 36 heavy (non-hydrogen) atoms. The molecule has 1 saturated heterocycles. The predicted molar refractivity (Wildman–Crippen MR) is 124 cm³/mol. The standard InChI is InChI=1S/C21H25N3O11S/c1-10(25)31-9-16-18(32-11(2)26)19(33-12(3)27)17(20(35-16)34-13(4)28)23-21(36)22-14-5-7-15(8-6-14)24(29)30/h5-8,16-20H,9H2,1-4H3,(H2,22,23,36)/t16-,17-,18-,19-,20-/m1/s1. The molecule has 15 heteroatoms. The van der Waals surface area contributed by atoms with Crippen LogP contribution in [0.4, 0.5) is 11.4 Å². The van der Waals surface area contributed by atoms with Crippen LogP contribution in [-0.4, -0.2) is 71.2 Å². The Balaban J connectivity index is 2.36. The van der Waals surface area contributed by atoms with Crippen molar-refractivity contribution in [3.63, 3.8) is 0 Å². The second-order valence-corrected chi connectivity index (χ2v) is 7.94. The summed E-state index contributed by atoms with van der Waals surface area (Å²) in [6.07, 6.45) is -5.17. The highest BCUT2D eigenvalue weighted by molar-refractivity contribution is 7.80. The van der Waals surface area contributed by atoms with Crippen molar-refractivity contribution in [2.24, 2.45) is 0 Å². The number of non-ortho nitro benzene ring substituents is 1. The van der Waals surface area contributed by atoms with Gasteiger partial charge in [0, 0.05) is 45.5 Å². The summed E-state index contributed by atoms with van der Waals surface area (Å²) in [6.45, 7) is 4.11. The van der Waals surface area contributed by atoms with Gasteiger partial charge >= 0.3 is 23.9 Å². The largest absolute Gasteiger partial charge is 0.463 e. The second kappa shape index (κ2) is 12.7. The van der Waals surface area contributed by atoms with E-state index in [0.717, 1.165) is 27.7 Å². The van der Waals surface area contributed by atoms with Gasteiger partial charge in [-0.25, -0.2) is 0 Å². The number of thiocarbonyl (C=S) groups is 1. The van der Waals surface area contributed by atoms with E-state index in [-0.39, 0.29) is 10.8 Å². The smallest absolute Gasteiger partial charge is 0.305 e. The molecule has 0 spiro atoms. The van der Waals surface area contributed by atoms with Crippen LogP contribution in [0.5, 0.6) is 0 Å². The third kappa shape index (κ3) is 8.42. The van der Waals surface area contributed by atoms with Crippen LogP contribution < -0.4 is 10.6 Å². The maximum absolute atomic E-state index is 11.9. The minimum atomic E-state index is -1.42. The van der Waals surface area contributed by atoms with E-state index in [0.29, 0.717) is 5.69 Å². The zero-order valence-electron chi connectivity index (χ0n) is 19.7. The van der Waals surface area contributed by atoms with E-state index in [1.807, 2.05) is 0 Å². The normalized spacial score (nSPS) is 22.9. The highest BCUT2D eigenvalue weighted by Gasteiger charge is 2.52. The zero-order valence-corrected chi connectivity index (χ0v) is 20.6. The van der Waals surface area contributed by atoms with Crippen LogP contribution in [0.1, 0.15) is 27.7 Å². The predicted octanol–water partition coefficient (Wildman–Crippen LogP) is 0.964. The zero-order chi connectivity index (χ0) is 27.0. The Morgan fingerprint density at radius 1 is 0.944 bits per heavy atom. The number of ether oxygens (including phenoxy) is 5. The molecule has 2 N–H and O–H groups in total.